The van der Waals surface area contributed by atoms with Gasteiger partial charge in [-0.1, -0.05) is 35.9 Å². The fourth-order valence-electron chi connectivity index (χ4n) is 2.63. The lowest BCUT2D eigenvalue weighted by molar-refractivity contribution is -0.117. The van der Waals surface area contributed by atoms with Crippen molar-refractivity contribution in [3.8, 4) is 17.6 Å². The third kappa shape index (κ3) is 5.86. The first kappa shape index (κ1) is 21.4. The van der Waals surface area contributed by atoms with Crippen molar-refractivity contribution in [2.75, 3.05) is 7.11 Å². The number of halogens is 1. The van der Waals surface area contributed by atoms with Crippen molar-refractivity contribution in [3.63, 3.8) is 0 Å². The SMILES string of the molecule is COc1cc(/C=C(\C#N)C(=O)NCc2cccs2)ccc1OCc1ccc(Cl)cc1. The molecule has 1 heterocycles. The fraction of sp³-hybridized carbons (Fsp3) is 0.130. The number of benzene rings is 2. The Morgan fingerprint density at radius 3 is 2.67 bits per heavy atom. The summed E-state index contributed by atoms with van der Waals surface area (Å²) in [5.74, 6) is 0.646. The van der Waals surface area contributed by atoms with Gasteiger partial charge >= 0.3 is 0 Å². The smallest absolute Gasteiger partial charge is 0.262 e. The van der Waals surface area contributed by atoms with Gasteiger partial charge in [0.05, 0.1) is 13.7 Å². The van der Waals surface area contributed by atoms with E-state index in [9.17, 15) is 10.1 Å². The zero-order chi connectivity index (χ0) is 21.3. The maximum Gasteiger partial charge on any atom is 0.262 e. The van der Waals surface area contributed by atoms with Crippen LogP contribution in [0.2, 0.25) is 5.02 Å². The van der Waals surface area contributed by atoms with Crippen molar-refractivity contribution >= 4 is 34.9 Å². The van der Waals surface area contributed by atoms with Gasteiger partial charge in [0.15, 0.2) is 11.5 Å². The van der Waals surface area contributed by atoms with Gasteiger partial charge < -0.3 is 14.8 Å². The molecule has 0 spiro atoms. The van der Waals surface area contributed by atoms with E-state index in [1.165, 1.54) is 13.2 Å². The number of nitrogens with zero attached hydrogens (tertiary/aromatic N) is 1. The van der Waals surface area contributed by atoms with Crippen LogP contribution in [0.1, 0.15) is 16.0 Å². The summed E-state index contributed by atoms with van der Waals surface area (Å²) in [4.78, 5) is 13.3. The molecule has 0 aliphatic carbocycles. The molecule has 1 amide bonds. The molecule has 152 valence electrons. The molecule has 0 radical (unpaired) electrons. The first-order valence-electron chi connectivity index (χ1n) is 9.06. The number of methoxy groups -OCH3 is 1. The maximum absolute atomic E-state index is 12.3. The number of nitrogens with one attached hydrogen (secondary N) is 1. The lowest BCUT2D eigenvalue weighted by atomic mass is 10.1. The topological polar surface area (TPSA) is 71.3 Å². The molecule has 3 rings (SSSR count). The van der Waals surface area contributed by atoms with Gasteiger partial charge in [0.2, 0.25) is 0 Å². The van der Waals surface area contributed by atoms with E-state index >= 15 is 0 Å². The maximum atomic E-state index is 12.3. The van der Waals surface area contributed by atoms with Gasteiger partial charge in [0.25, 0.3) is 5.91 Å². The molecule has 0 bridgehead atoms. The van der Waals surface area contributed by atoms with Gasteiger partial charge in [-0.25, -0.2) is 0 Å². The monoisotopic (exact) mass is 438 g/mol. The van der Waals surface area contributed by atoms with Crippen molar-refractivity contribution in [3.05, 3.63) is 86.6 Å². The summed E-state index contributed by atoms with van der Waals surface area (Å²) in [5, 5.41) is 14.7. The van der Waals surface area contributed by atoms with E-state index in [1.54, 1.807) is 41.7 Å². The Hall–Kier alpha value is -3.27. The van der Waals surface area contributed by atoms with Crippen molar-refractivity contribution in [2.45, 2.75) is 13.2 Å². The first-order chi connectivity index (χ1) is 14.6. The van der Waals surface area contributed by atoms with Crippen molar-refractivity contribution in [1.29, 1.82) is 5.26 Å². The van der Waals surface area contributed by atoms with Crippen LogP contribution in [0.3, 0.4) is 0 Å². The molecule has 5 nitrogen and oxygen atoms in total. The number of hydrogen-bond acceptors (Lipinski definition) is 5. The average molecular weight is 439 g/mol. The van der Waals surface area contributed by atoms with Crippen molar-refractivity contribution in [1.82, 2.24) is 5.32 Å². The predicted molar refractivity (Wildman–Crippen MR) is 119 cm³/mol. The van der Waals surface area contributed by atoms with Gasteiger partial charge in [-0.05, 0) is 52.9 Å². The highest BCUT2D eigenvalue weighted by atomic mass is 35.5. The quantitative estimate of drug-likeness (QED) is 0.387. The molecule has 1 N–H and O–H groups in total. The zero-order valence-electron chi connectivity index (χ0n) is 16.2. The molecule has 1 aromatic heterocycles. The second-order valence-corrected chi connectivity index (χ2v) is 7.73. The highest BCUT2D eigenvalue weighted by molar-refractivity contribution is 7.09. The summed E-state index contributed by atoms with van der Waals surface area (Å²) in [6.07, 6.45) is 1.52. The number of thiophene rings is 1. The van der Waals surface area contributed by atoms with Crippen LogP contribution in [0, 0.1) is 11.3 Å². The van der Waals surface area contributed by atoms with Gasteiger partial charge in [-0.3, -0.25) is 4.79 Å². The van der Waals surface area contributed by atoms with E-state index < -0.39 is 5.91 Å². The molecule has 0 saturated carbocycles. The van der Waals surface area contributed by atoms with Gasteiger partial charge in [-0.2, -0.15) is 5.26 Å². The molecule has 30 heavy (non-hydrogen) atoms. The van der Waals surface area contributed by atoms with E-state index in [0.717, 1.165) is 10.4 Å². The van der Waals surface area contributed by atoms with E-state index in [1.807, 2.05) is 35.7 Å². The van der Waals surface area contributed by atoms with Crippen LogP contribution in [0.25, 0.3) is 6.08 Å². The predicted octanol–water partition coefficient (Wildman–Crippen LogP) is 5.21. The number of nitriles is 1. The van der Waals surface area contributed by atoms with Gasteiger partial charge in [-0.15, -0.1) is 11.3 Å². The van der Waals surface area contributed by atoms with E-state index in [-0.39, 0.29) is 5.57 Å². The summed E-state index contributed by atoms with van der Waals surface area (Å²) < 4.78 is 11.2. The Morgan fingerprint density at radius 1 is 1.20 bits per heavy atom. The lowest BCUT2D eigenvalue weighted by Crippen LogP contribution is -2.23. The molecule has 7 heteroatoms. The minimum Gasteiger partial charge on any atom is -0.493 e. The molecule has 0 saturated heterocycles. The van der Waals surface area contributed by atoms with E-state index in [2.05, 4.69) is 5.32 Å². The van der Waals surface area contributed by atoms with Crippen LogP contribution in [-0.2, 0) is 17.9 Å². The summed E-state index contributed by atoms with van der Waals surface area (Å²) >= 11 is 7.44. The van der Waals surface area contributed by atoms with Crippen LogP contribution in [0.15, 0.2) is 65.6 Å². The molecule has 0 atom stereocenters. The number of carbonyl (C=O) groups is 1. The van der Waals surface area contributed by atoms with Crippen molar-refractivity contribution < 1.29 is 14.3 Å². The third-order valence-corrected chi connectivity index (χ3v) is 5.30. The molecular weight excluding hydrogens is 420 g/mol. The van der Waals surface area contributed by atoms with Gasteiger partial charge in [0, 0.05) is 9.90 Å². The normalized spacial score (nSPS) is 10.9. The number of carbonyl (C=O) groups excluding carboxylic acids is 1. The molecule has 2 aromatic carbocycles. The second-order valence-electron chi connectivity index (χ2n) is 6.26. The molecular formula is C23H19ClN2O3S. The molecule has 3 aromatic rings. The lowest BCUT2D eigenvalue weighted by Gasteiger charge is -2.12. The number of rotatable bonds is 8. The highest BCUT2D eigenvalue weighted by Crippen LogP contribution is 2.30. The molecule has 0 unspecified atom stereocenters. The molecule has 0 fully saturated rings. The highest BCUT2D eigenvalue weighted by Gasteiger charge is 2.11. The van der Waals surface area contributed by atoms with Crippen LogP contribution >= 0.6 is 22.9 Å². The average Bonchev–Trinajstić information content (AvgIpc) is 3.29. The summed E-state index contributed by atoms with van der Waals surface area (Å²) in [7, 11) is 1.54. The Labute approximate surface area is 184 Å². The third-order valence-electron chi connectivity index (χ3n) is 4.17. The van der Waals surface area contributed by atoms with Crippen LogP contribution in [0.4, 0.5) is 0 Å². The first-order valence-corrected chi connectivity index (χ1v) is 10.3. The minimum atomic E-state index is -0.423. The Kier molecular flexibility index (Phi) is 7.50. The van der Waals surface area contributed by atoms with Crippen LogP contribution < -0.4 is 14.8 Å². The summed E-state index contributed by atoms with van der Waals surface area (Å²) in [6, 6.07) is 18.4. The second kappa shape index (κ2) is 10.5. The summed E-state index contributed by atoms with van der Waals surface area (Å²) in [5.41, 5.74) is 1.65. The standard InChI is InChI=1S/C23H19ClN2O3S/c1-28-22-12-17(6-9-21(22)29-15-16-4-7-19(24)8-5-16)11-18(13-25)23(27)26-14-20-3-2-10-30-20/h2-12H,14-15H2,1H3,(H,26,27)/b18-11+. The van der Waals surface area contributed by atoms with E-state index in [4.69, 9.17) is 21.1 Å². The Bertz CT molecular complexity index is 1070. The molecule has 0 aliphatic rings. The Morgan fingerprint density at radius 2 is 2.00 bits per heavy atom. The van der Waals surface area contributed by atoms with Crippen molar-refractivity contribution in [2.24, 2.45) is 0 Å². The minimum absolute atomic E-state index is 0.0171. The van der Waals surface area contributed by atoms with Crippen LogP contribution in [0.5, 0.6) is 11.5 Å². The van der Waals surface area contributed by atoms with Crippen LogP contribution in [-0.4, -0.2) is 13.0 Å². The number of ether oxygens (including phenoxy) is 2. The summed E-state index contributed by atoms with van der Waals surface area (Å²) in [6.45, 7) is 0.744. The molecule has 0 aliphatic heterocycles. The zero-order valence-corrected chi connectivity index (χ0v) is 17.8. The number of hydrogen-bond donors (Lipinski definition) is 1. The fourth-order valence-corrected chi connectivity index (χ4v) is 3.40. The largest absolute Gasteiger partial charge is 0.493 e. The van der Waals surface area contributed by atoms with Gasteiger partial charge in [0.1, 0.15) is 18.2 Å². The van der Waals surface area contributed by atoms with E-state index in [0.29, 0.717) is 35.2 Å². The number of amides is 1. The Balaban J connectivity index is 1.69.